The summed E-state index contributed by atoms with van der Waals surface area (Å²) in [5.74, 6) is 0.266. The second kappa shape index (κ2) is 12.4. The molecule has 1 unspecified atom stereocenters. The molecule has 0 spiro atoms. The van der Waals surface area contributed by atoms with Crippen molar-refractivity contribution in [2.24, 2.45) is 0 Å². The first-order valence-corrected chi connectivity index (χ1v) is 13.1. The summed E-state index contributed by atoms with van der Waals surface area (Å²) in [5, 5.41) is 2.64. The maximum atomic E-state index is 13.3. The molecule has 1 N–H and O–H groups in total. The third kappa shape index (κ3) is 7.48. The fraction of sp³-hybridized carbons (Fsp3) is 0.440. The second-order valence-electron chi connectivity index (χ2n) is 8.18. The lowest BCUT2D eigenvalue weighted by Gasteiger charge is -2.31. The fourth-order valence-electron chi connectivity index (χ4n) is 3.73. The Hall–Kier alpha value is -3.07. The molecule has 0 aliphatic carbocycles. The zero-order valence-corrected chi connectivity index (χ0v) is 21.4. The van der Waals surface area contributed by atoms with Crippen LogP contribution < -0.4 is 14.4 Å². The van der Waals surface area contributed by atoms with Crippen molar-refractivity contribution in [2.45, 2.75) is 45.7 Å². The molecule has 0 aliphatic rings. The van der Waals surface area contributed by atoms with Gasteiger partial charge < -0.3 is 15.0 Å². The molecule has 2 rings (SSSR count). The molecule has 0 heterocycles. The predicted octanol–water partition coefficient (Wildman–Crippen LogP) is 3.10. The third-order valence-corrected chi connectivity index (χ3v) is 6.81. The number of carbonyl (C=O) groups is 2. The number of carbonyl (C=O) groups excluding carboxylic acids is 2. The SMILES string of the molecule is CCC(C(=O)NC)N(Cc1ccc(OC)cc1)C(=O)CCCN(c1ccc(C)cc1)S(C)(=O)=O. The van der Waals surface area contributed by atoms with Crippen molar-refractivity contribution in [2.75, 3.05) is 31.3 Å². The number of hydrogen-bond acceptors (Lipinski definition) is 5. The van der Waals surface area contributed by atoms with Crippen molar-refractivity contribution >= 4 is 27.5 Å². The molecule has 0 radical (unpaired) electrons. The van der Waals surface area contributed by atoms with E-state index in [2.05, 4.69) is 5.32 Å². The molecule has 2 amide bonds. The van der Waals surface area contributed by atoms with Crippen LogP contribution in [0.1, 0.15) is 37.3 Å². The number of methoxy groups -OCH3 is 1. The Bertz CT molecular complexity index is 1050. The Morgan fingerprint density at radius 2 is 1.68 bits per heavy atom. The van der Waals surface area contributed by atoms with E-state index in [9.17, 15) is 18.0 Å². The summed E-state index contributed by atoms with van der Waals surface area (Å²) in [5.41, 5.74) is 2.46. The molecule has 34 heavy (non-hydrogen) atoms. The molecule has 186 valence electrons. The van der Waals surface area contributed by atoms with Gasteiger partial charge >= 0.3 is 0 Å². The largest absolute Gasteiger partial charge is 0.497 e. The van der Waals surface area contributed by atoms with Gasteiger partial charge in [-0.05, 0) is 49.6 Å². The number of ether oxygens (including phenoxy) is 1. The Morgan fingerprint density at radius 3 is 2.18 bits per heavy atom. The van der Waals surface area contributed by atoms with Crippen molar-refractivity contribution < 1.29 is 22.7 Å². The van der Waals surface area contributed by atoms with Crippen LogP contribution >= 0.6 is 0 Å². The summed E-state index contributed by atoms with van der Waals surface area (Å²) in [6.07, 6.45) is 2.05. The molecule has 0 aromatic heterocycles. The highest BCUT2D eigenvalue weighted by Crippen LogP contribution is 2.20. The summed E-state index contributed by atoms with van der Waals surface area (Å²) >= 11 is 0. The third-order valence-electron chi connectivity index (χ3n) is 5.62. The summed E-state index contributed by atoms with van der Waals surface area (Å²) in [4.78, 5) is 27.3. The van der Waals surface area contributed by atoms with Crippen LogP contribution in [0.3, 0.4) is 0 Å². The van der Waals surface area contributed by atoms with Gasteiger partial charge in [-0.1, -0.05) is 36.8 Å². The molecule has 2 aromatic carbocycles. The van der Waals surface area contributed by atoms with Gasteiger partial charge in [0.2, 0.25) is 21.8 Å². The molecule has 0 fully saturated rings. The smallest absolute Gasteiger partial charge is 0.242 e. The lowest BCUT2D eigenvalue weighted by molar-refractivity contribution is -0.141. The van der Waals surface area contributed by atoms with Gasteiger partial charge in [-0.3, -0.25) is 13.9 Å². The van der Waals surface area contributed by atoms with Gasteiger partial charge in [0, 0.05) is 26.6 Å². The van der Waals surface area contributed by atoms with Crippen LogP contribution in [0.25, 0.3) is 0 Å². The van der Waals surface area contributed by atoms with Crippen molar-refractivity contribution in [1.29, 1.82) is 0 Å². The highest BCUT2D eigenvalue weighted by Gasteiger charge is 2.28. The predicted molar refractivity (Wildman–Crippen MR) is 134 cm³/mol. The first kappa shape index (κ1) is 27.2. The van der Waals surface area contributed by atoms with E-state index >= 15 is 0 Å². The molecule has 0 bridgehead atoms. The average molecular weight is 490 g/mol. The van der Waals surface area contributed by atoms with Crippen molar-refractivity contribution in [3.63, 3.8) is 0 Å². The van der Waals surface area contributed by atoms with Crippen LogP contribution in [0.5, 0.6) is 5.75 Å². The fourth-order valence-corrected chi connectivity index (χ4v) is 4.69. The van der Waals surface area contributed by atoms with E-state index in [1.807, 2.05) is 50.2 Å². The number of nitrogens with one attached hydrogen (secondary N) is 1. The Kier molecular flexibility index (Phi) is 9.92. The minimum absolute atomic E-state index is 0.113. The monoisotopic (exact) mass is 489 g/mol. The average Bonchev–Trinajstić information content (AvgIpc) is 2.81. The van der Waals surface area contributed by atoms with Crippen molar-refractivity contribution in [3.05, 3.63) is 59.7 Å². The molecule has 9 heteroatoms. The zero-order valence-electron chi connectivity index (χ0n) is 20.6. The molecule has 0 saturated heterocycles. The maximum absolute atomic E-state index is 13.3. The van der Waals surface area contributed by atoms with E-state index < -0.39 is 16.1 Å². The summed E-state index contributed by atoms with van der Waals surface area (Å²) in [7, 11) is -0.379. The number of benzene rings is 2. The normalized spacial score (nSPS) is 12.0. The number of sulfonamides is 1. The number of hydrogen-bond donors (Lipinski definition) is 1. The van der Waals surface area contributed by atoms with Crippen LogP contribution in [0.4, 0.5) is 5.69 Å². The van der Waals surface area contributed by atoms with Crippen LogP contribution in [-0.2, 0) is 26.2 Å². The Labute approximate surface area is 202 Å². The maximum Gasteiger partial charge on any atom is 0.242 e. The summed E-state index contributed by atoms with van der Waals surface area (Å²) in [6, 6.07) is 13.9. The standard InChI is InChI=1S/C25H35N3O5S/c1-6-23(25(30)26-3)27(18-20-11-15-22(33-4)16-12-20)24(29)8-7-17-28(34(5,31)32)21-13-9-19(2)10-14-21/h9-16,23H,6-8,17-18H2,1-5H3,(H,26,30). The van der Waals surface area contributed by atoms with E-state index in [4.69, 9.17) is 4.74 Å². The quantitative estimate of drug-likeness (QED) is 0.494. The van der Waals surface area contributed by atoms with Gasteiger partial charge in [-0.2, -0.15) is 0 Å². The van der Waals surface area contributed by atoms with Gasteiger partial charge in [-0.15, -0.1) is 0 Å². The van der Waals surface area contributed by atoms with Gasteiger partial charge in [-0.25, -0.2) is 8.42 Å². The lowest BCUT2D eigenvalue weighted by atomic mass is 10.1. The topological polar surface area (TPSA) is 96.0 Å². The van der Waals surface area contributed by atoms with Crippen LogP contribution in [0.2, 0.25) is 0 Å². The highest BCUT2D eigenvalue weighted by molar-refractivity contribution is 7.92. The van der Waals surface area contributed by atoms with Gasteiger partial charge in [0.25, 0.3) is 0 Å². The number of anilines is 1. The number of aryl methyl sites for hydroxylation is 1. The molecular weight excluding hydrogens is 454 g/mol. The molecule has 2 aromatic rings. The highest BCUT2D eigenvalue weighted by atomic mass is 32.2. The first-order valence-electron chi connectivity index (χ1n) is 11.3. The Morgan fingerprint density at radius 1 is 1.06 bits per heavy atom. The Balaban J connectivity index is 2.17. The van der Waals surface area contributed by atoms with Crippen molar-refractivity contribution in [3.8, 4) is 5.75 Å². The van der Waals surface area contributed by atoms with Gasteiger partial charge in [0.15, 0.2) is 0 Å². The summed E-state index contributed by atoms with van der Waals surface area (Å²) in [6.45, 7) is 4.22. The van der Waals surface area contributed by atoms with E-state index in [1.165, 1.54) is 4.31 Å². The minimum atomic E-state index is -3.51. The second-order valence-corrected chi connectivity index (χ2v) is 10.1. The van der Waals surface area contributed by atoms with Crippen LogP contribution in [-0.4, -0.2) is 58.1 Å². The lowest BCUT2D eigenvalue weighted by Crippen LogP contribution is -2.48. The van der Waals surface area contributed by atoms with Gasteiger partial charge in [0.05, 0.1) is 19.1 Å². The molecular formula is C25H35N3O5S. The van der Waals surface area contributed by atoms with Gasteiger partial charge in [0.1, 0.15) is 11.8 Å². The van der Waals surface area contributed by atoms with E-state index in [-0.39, 0.29) is 31.3 Å². The van der Waals surface area contributed by atoms with Crippen LogP contribution in [0, 0.1) is 6.92 Å². The zero-order chi connectivity index (χ0) is 25.3. The van der Waals surface area contributed by atoms with Crippen LogP contribution in [0.15, 0.2) is 48.5 Å². The minimum Gasteiger partial charge on any atom is -0.497 e. The summed E-state index contributed by atoms with van der Waals surface area (Å²) < 4.78 is 31.2. The molecule has 8 nitrogen and oxygen atoms in total. The first-order chi connectivity index (χ1) is 16.1. The van der Waals surface area contributed by atoms with E-state index in [0.29, 0.717) is 24.3 Å². The molecule has 0 saturated carbocycles. The number of likely N-dealkylation sites (N-methyl/N-ethyl adjacent to an activating group) is 1. The molecule has 0 aliphatic heterocycles. The van der Waals surface area contributed by atoms with E-state index in [0.717, 1.165) is 17.4 Å². The van der Waals surface area contributed by atoms with E-state index in [1.54, 1.807) is 31.2 Å². The van der Waals surface area contributed by atoms with Crippen molar-refractivity contribution in [1.82, 2.24) is 10.2 Å². The number of rotatable bonds is 12. The number of amides is 2. The molecule has 1 atom stereocenters. The number of nitrogens with zero attached hydrogens (tertiary/aromatic N) is 2.